The van der Waals surface area contributed by atoms with Crippen molar-refractivity contribution < 1.29 is 18.8 Å². The van der Waals surface area contributed by atoms with Crippen molar-refractivity contribution in [3.05, 3.63) is 54.4 Å². The van der Waals surface area contributed by atoms with Crippen LogP contribution < -0.4 is 20.5 Å². The van der Waals surface area contributed by atoms with Gasteiger partial charge in [0.05, 0.1) is 7.11 Å². The molecular weight excluding hydrogens is 408 g/mol. The van der Waals surface area contributed by atoms with Crippen molar-refractivity contribution in [3.8, 4) is 22.9 Å². The minimum atomic E-state index is -0.0736. The topological polar surface area (TPSA) is 112 Å². The van der Waals surface area contributed by atoms with Crippen LogP contribution in [0, 0.1) is 0 Å². The number of nitrogens with zero attached hydrogens (tertiary/aromatic N) is 2. The van der Waals surface area contributed by atoms with Crippen LogP contribution >= 0.6 is 12.4 Å². The van der Waals surface area contributed by atoms with Gasteiger partial charge in [0, 0.05) is 30.6 Å². The Hall–Kier alpha value is -3.10. The minimum Gasteiger partial charge on any atom is -0.497 e. The number of carbonyl (C=O) groups is 1. The third-order valence-electron chi connectivity index (χ3n) is 4.14. The number of nitrogens with one attached hydrogen (secondary N) is 1. The third-order valence-corrected chi connectivity index (χ3v) is 4.14. The number of rotatable bonds is 10. The average Bonchev–Trinajstić information content (AvgIpc) is 3.22. The number of amides is 1. The first kappa shape index (κ1) is 23.2. The Morgan fingerprint density at radius 2 is 1.80 bits per heavy atom. The van der Waals surface area contributed by atoms with Crippen molar-refractivity contribution in [2.24, 2.45) is 5.73 Å². The number of aryl methyl sites for hydroxylation is 1. The highest BCUT2D eigenvalue weighted by atomic mass is 35.5. The number of hydrogen-bond acceptors (Lipinski definition) is 7. The van der Waals surface area contributed by atoms with Crippen LogP contribution in [-0.4, -0.2) is 36.3 Å². The highest BCUT2D eigenvalue weighted by molar-refractivity contribution is 5.90. The normalized spacial score (nSPS) is 10.2. The fraction of sp³-hybridized carbons (Fsp3) is 0.286. The molecule has 30 heavy (non-hydrogen) atoms. The molecule has 1 heterocycles. The number of nitrogens with two attached hydrogens (primary N) is 1. The first-order chi connectivity index (χ1) is 14.2. The summed E-state index contributed by atoms with van der Waals surface area (Å²) >= 11 is 0. The highest BCUT2D eigenvalue weighted by Crippen LogP contribution is 2.20. The van der Waals surface area contributed by atoms with Crippen LogP contribution in [0.3, 0.4) is 0 Å². The lowest BCUT2D eigenvalue weighted by atomic mass is 10.2. The van der Waals surface area contributed by atoms with E-state index in [1.165, 1.54) is 0 Å². The molecule has 3 N–H and O–H groups in total. The molecule has 0 saturated heterocycles. The fourth-order valence-corrected chi connectivity index (χ4v) is 2.65. The summed E-state index contributed by atoms with van der Waals surface area (Å²) in [4.78, 5) is 16.5. The number of halogens is 1. The number of methoxy groups -OCH3 is 1. The maximum Gasteiger partial charge on any atom is 0.226 e. The average molecular weight is 433 g/mol. The van der Waals surface area contributed by atoms with Gasteiger partial charge in [-0.15, -0.1) is 12.4 Å². The Labute approximate surface area is 181 Å². The Morgan fingerprint density at radius 3 is 2.47 bits per heavy atom. The largest absolute Gasteiger partial charge is 0.497 e. The van der Waals surface area contributed by atoms with Gasteiger partial charge in [-0.25, -0.2) is 0 Å². The third kappa shape index (κ3) is 6.75. The molecule has 0 saturated carbocycles. The summed E-state index contributed by atoms with van der Waals surface area (Å²) in [5.41, 5.74) is 6.96. The van der Waals surface area contributed by atoms with E-state index < -0.39 is 0 Å². The van der Waals surface area contributed by atoms with E-state index in [1.807, 2.05) is 24.3 Å². The van der Waals surface area contributed by atoms with Gasteiger partial charge in [0.2, 0.25) is 17.6 Å². The molecule has 3 aromatic rings. The van der Waals surface area contributed by atoms with Crippen LogP contribution in [0.25, 0.3) is 11.4 Å². The molecule has 3 rings (SSSR count). The molecule has 0 unspecified atom stereocenters. The lowest BCUT2D eigenvalue weighted by Gasteiger charge is -2.07. The zero-order chi connectivity index (χ0) is 20.5. The molecule has 9 heteroatoms. The van der Waals surface area contributed by atoms with E-state index in [0.29, 0.717) is 44.1 Å². The zero-order valence-electron chi connectivity index (χ0n) is 16.7. The van der Waals surface area contributed by atoms with Gasteiger partial charge >= 0.3 is 0 Å². The van der Waals surface area contributed by atoms with Crippen molar-refractivity contribution in [3.63, 3.8) is 0 Å². The van der Waals surface area contributed by atoms with Gasteiger partial charge in [0.1, 0.15) is 18.1 Å². The SMILES string of the molecule is COc1ccc(-c2noc(CCCC(=O)Nc3ccc(OCCN)cc3)n2)cc1.Cl. The molecule has 160 valence electrons. The molecule has 0 radical (unpaired) electrons. The first-order valence-electron chi connectivity index (χ1n) is 9.37. The summed E-state index contributed by atoms with van der Waals surface area (Å²) in [6, 6.07) is 14.6. The van der Waals surface area contributed by atoms with Gasteiger partial charge in [-0.3, -0.25) is 4.79 Å². The summed E-state index contributed by atoms with van der Waals surface area (Å²) in [6.07, 6.45) is 1.49. The quantitative estimate of drug-likeness (QED) is 0.504. The van der Waals surface area contributed by atoms with E-state index in [2.05, 4.69) is 15.5 Å². The molecule has 0 bridgehead atoms. The van der Waals surface area contributed by atoms with Crippen LogP contribution in [0.15, 0.2) is 53.1 Å². The summed E-state index contributed by atoms with van der Waals surface area (Å²) in [5, 5.41) is 6.85. The molecule has 0 aliphatic rings. The van der Waals surface area contributed by atoms with Crippen molar-refractivity contribution in [1.82, 2.24) is 10.1 Å². The number of aromatic nitrogens is 2. The Kier molecular flexibility index (Phi) is 9.11. The molecule has 8 nitrogen and oxygen atoms in total. The second-order valence-corrected chi connectivity index (χ2v) is 6.30. The molecule has 2 aromatic carbocycles. The van der Waals surface area contributed by atoms with Crippen LogP contribution in [0.5, 0.6) is 11.5 Å². The first-order valence-corrected chi connectivity index (χ1v) is 9.37. The zero-order valence-corrected chi connectivity index (χ0v) is 17.5. The van der Waals surface area contributed by atoms with Gasteiger partial charge in [-0.2, -0.15) is 4.98 Å². The summed E-state index contributed by atoms with van der Waals surface area (Å²) < 4.78 is 15.8. The molecule has 1 aromatic heterocycles. The number of carbonyl (C=O) groups excluding carboxylic acids is 1. The van der Waals surface area contributed by atoms with E-state index in [-0.39, 0.29) is 18.3 Å². The van der Waals surface area contributed by atoms with Crippen LogP contribution in [0.4, 0.5) is 5.69 Å². The van der Waals surface area contributed by atoms with E-state index in [1.54, 1.807) is 31.4 Å². The van der Waals surface area contributed by atoms with Crippen molar-refractivity contribution in [1.29, 1.82) is 0 Å². The maximum atomic E-state index is 12.1. The summed E-state index contributed by atoms with van der Waals surface area (Å²) in [6.45, 7) is 0.918. The van der Waals surface area contributed by atoms with Crippen molar-refractivity contribution in [2.45, 2.75) is 19.3 Å². The van der Waals surface area contributed by atoms with Crippen molar-refractivity contribution in [2.75, 3.05) is 25.6 Å². The molecule has 1 amide bonds. The smallest absolute Gasteiger partial charge is 0.226 e. The summed E-state index contributed by atoms with van der Waals surface area (Å²) in [5.74, 6) is 2.43. The Bertz CT molecular complexity index is 914. The lowest BCUT2D eigenvalue weighted by Crippen LogP contribution is -2.12. The second kappa shape index (κ2) is 11.8. The molecule has 0 spiro atoms. The predicted molar refractivity (Wildman–Crippen MR) is 116 cm³/mol. The van der Waals surface area contributed by atoms with Crippen LogP contribution in [0.1, 0.15) is 18.7 Å². The minimum absolute atomic E-state index is 0. The van der Waals surface area contributed by atoms with Crippen LogP contribution in [-0.2, 0) is 11.2 Å². The number of benzene rings is 2. The highest BCUT2D eigenvalue weighted by Gasteiger charge is 2.10. The van der Waals surface area contributed by atoms with E-state index in [9.17, 15) is 4.79 Å². The summed E-state index contributed by atoms with van der Waals surface area (Å²) in [7, 11) is 1.62. The Morgan fingerprint density at radius 1 is 1.10 bits per heavy atom. The van der Waals surface area contributed by atoms with E-state index in [4.69, 9.17) is 19.7 Å². The lowest BCUT2D eigenvalue weighted by molar-refractivity contribution is -0.116. The Balaban J connectivity index is 0.00000320. The standard InChI is InChI=1S/C21H24N4O4.ClH/c1-27-17-9-5-15(6-10-17)21-24-20(29-25-21)4-2-3-19(26)23-16-7-11-18(12-8-16)28-14-13-22;/h5-12H,2-4,13-14,22H2,1H3,(H,23,26);1H. The fourth-order valence-electron chi connectivity index (χ4n) is 2.65. The predicted octanol–water partition coefficient (Wildman–Crippen LogP) is 3.47. The van der Waals surface area contributed by atoms with Gasteiger partial charge in [0.25, 0.3) is 0 Å². The number of anilines is 1. The van der Waals surface area contributed by atoms with Gasteiger partial charge in [-0.1, -0.05) is 5.16 Å². The molecule has 0 atom stereocenters. The number of hydrogen-bond donors (Lipinski definition) is 2. The van der Waals surface area contributed by atoms with Gasteiger partial charge in [0.15, 0.2) is 0 Å². The van der Waals surface area contributed by atoms with Gasteiger partial charge in [-0.05, 0) is 55.0 Å². The van der Waals surface area contributed by atoms with E-state index in [0.717, 1.165) is 22.7 Å². The van der Waals surface area contributed by atoms with Crippen molar-refractivity contribution >= 4 is 24.0 Å². The molecule has 0 aliphatic heterocycles. The maximum absolute atomic E-state index is 12.1. The van der Waals surface area contributed by atoms with Crippen LogP contribution in [0.2, 0.25) is 0 Å². The molecular formula is C21H25ClN4O4. The molecule has 0 fully saturated rings. The van der Waals surface area contributed by atoms with Gasteiger partial charge < -0.3 is 25.0 Å². The monoisotopic (exact) mass is 432 g/mol. The van der Waals surface area contributed by atoms with E-state index >= 15 is 0 Å². The second-order valence-electron chi connectivity index (χ2n) is 6.30. The number of ether oxygens (including phenoxy) is 2. The molecule has 0 aliphatic carbocycles.